The molecule has 0 amide bonds. The van der Waals surface area contributed by atoms with Crippen LogP contribution in [0.4, 0.5) is 17.1 Å². The lowest BCUT2D eigenvalue weighted by molar-refractivity contribution is 0.436. The minimum atomic E-state index is -0.494. The van der Waals surface area contributed by atoms with Crippen molar-refractivity contribution in [1.29, 1.82) is 0 Å². The predicted octanol–water partition coefficient (Wildman–Crippen LogP) is 16.0. The molecular weight excluding hydrogens is 759 g/mol. The van der Waals surface area contributed by atoms with Crippen molar-refractivity contribution < 1.29 is 4.74 Å². The van der Waals surface area contributed by atoms with E-state index in [9.17, 15) is 0 Å². The monoisotopic (exact) mass is 797 g/mol. The Balaban J connectivity index is 1.05. The van der Waals surface area contributed by atoms with Crippen LogP contribution in [0.25, 0.3) is 53.6 Å². The van der Waals surface area contributed by atoms with Crippen molar-refractivity contribution in [2.75, 3.05) is 4.90 Å². The molecule has 2 nitrogen and oxygen atoms in total. The van der Waals surface area contributed by atoms with Crippen LogP contribution >= 0.6 is 11.3 Å². The second-order valence-corrected chi connectivity index (χ2v) is 18.3. The third-order valence-corrected chi connectivity index (χ3v) is 14.9. The quantitative estimate of drug-likeness (QED) is 0.176. The maximum absolute atomic E-state index is 6.62. The Labute approximate surface area is 359 Å². The van der Waals surface area contributed by atoms with Crippen LogP contribution in [0.5, 0.6) is 11.5 Å². The second-order valence-electron chi connectivity index (χ2n) is 17.2. The lowest BCUT2D eigenvalue weighted by Crippen LogP contribution is -2.32. The molecule has 288 valence electrons. The highest BCUT2D eigenvalue weighted by molar-refractivity contribution is 7.25. The summed E-state index contributed by atoms with van der Waals surface area (Å²) in [6.07, 6.45) is 0. The van der Waals surface area contributed by atoms with E-state index in [1.807, 2.05) is 11.3 Å². The Morgan fingerprint density at radius 1 is 0.393 bits per heavy atom. The Bertz CT molecular complexity index is 3400. The van der Waals surface area contributed by atoms with E-state index in [4.69, 9.17) is 4.74 Å². The van der Waals surface area contributed by atoms with Gasteiger partial charge in [0.05, 0.1) is 11.1 Å². The number of nitrogens with zero attached hydrogens (tertiary/aromatic N) is 1. The highest BCUT2D eigenvalue weighted by Crippen LogP contribution is 2.63. The fraction of sp³-hybridized carbons (Fsp3) is 0.0690. The minimum absolute atomic E-state index is 0.125. The van der Waals surface area contributed by atoms with E-state index in [2.05, 4.69) is 219 Å². The Kier molecular flexibility index (Phi) is 7.19. The van der Waals surface area contributed by atoms with Crippen LogP contribution in [-0.2, 0) is 10.8 Å². The smallest absolute Gasteiger partial charge is 0.132 e. The molecule has 0 N–H and O–H groups in total. The number of benzene rings is 9. The molecule has 0 bridgehead atoms. The number of hydrogen-bond acceptors (Lipinski definition) is 3. The largest absolute Gasteiger partial charge is 0.457 e. The van der Waals surface area contributed by atoms with Gasteiger partial charge in [-0.2, -0.15) is 0 Å². The van der Waals surface area contributed by atoms with Crippen LogP contribution in [0.3, 0.4) is 0 Å². The fourth-order valence-electron chi connectivity index (χ4n) is 11.0. The molecule has 1 aromatic heterocycles. The van der Waals surface area contributed by atoms with Crippen molar-refractivity contribution in [3.8, 4) is 44.9 Å². The lowest BCUT2D eigenvalue weighted by Gasteiger charge is -2.39. The van der Waals surface area contributed by atoms with Gasteiger partial charge in [0.1, 0.15) is 11.5 Å². The summed E-state index contributed by atoms with van der Waals surface area (Å²) in [4.78, 5) is 2.48. The molecule has 1 spiro atoms. The number of rotatable bonds is 4. The third kappa shape index (κ3) is 4.73. The first-order valence-electron chi connectivity index (χ1n) is 21.2. The molecule has 0 radical (unpaired) electrons. The molecule has 1 aliphatic heterocycles. The number of hydrogen-bond donors (Lipinski definition) is 0. The maximum atomic E-state index is 6.62. The number of thiophene rings is 1. The zero-order valence-electron chi connectivity index (χ0n) is 33.8. The van der Waals surface area contributed by atoms with Crippen molar-refractivity contribution >= 4 is 48.6 Å². The molecule has 3 aliphatic rings. The summed E-state index contributed by atoms with van der Waals surface area (Å²) < 4.78 is 9.19. The highest BCUT2D eigenvalue weighted by atomic mass is 32.1. The van der Waals surface area contributed by atoms with E-state index in [0.29, 0.717) is 0 Å². The average molecular weight is 798 g/mol. The lowest BCUT2D eigenvalue weighted by atomic mass is 9.66. The standard InChI is InChI=1S/C58H39NOS/c1-57(2)46-21-9-6-19-40(46)42-30-28-38(33-50(42)57)59(52-25-13-8-18-39(52)36-16-4-3-5-17-36)37-29-31-55-44(32-37)45-34-43-41-20-7-10-22-47(41)58(51(43)35-56(45)61-55)48-23-11-14-26-53(48)60-54-27-15-12-24-49(54)58/h3-35H,1-2H3. The van der Waals surface area contributed by atoms with Gasteiger partial charge < -0.3 is 9.64 Å². The van der Waals surface area contributed by atoms with Crippen LogP contribution in [0.15, 0.2) is 200 Å². The van der Waals surface area contributed by atoms with Gasteiger partial charge in [-0.05, 0) is 111 Å². The first-order chi connectivity index (χ1) is 30.0. The van der Waals surface area contributed by atoms with Crippen LogP contribution in [0.1, 0.15) is 47.2 Å². The molecule has 0 unspecified atom stereocenters. The molecule has 0 atom stereocenters. The summed E-state index contributed by atoms with van der Waals surface area (Å²) in [5.41, 5.74) is 18.2. The summed E-state index contributed by atoms with van der Waals surface area (Å²) in [5, 5.41) is 2.55. The first kappa shape index (κ1) is 34.6. The summed E-state index contributed by atoms with van der Waals surface area (Å²) in [6.45, 7) is 4.73. The molecule has 2 heterocycles. The summed E-state index contributed by atoms with van der Waals surface area (Å²) in [6, 6.07) is 74.0. The van der Waals surface area contributed by atoms with Crippen molar-refractivity contribution in [3.05, 3.63) is 234 Å². The van der Waals surface area contributed by atoms with Crippen molar-refractivity contribution in [2.45, 2.75) is 24.7 Å². The van der Waals surface area contributed by atoms with Gasteiger partial charge in [-0.3, -0.25) is 0 Å². The highest BCUT2D eigenvalue weighted by Gasteiger charge is 2.51. The Morgan fingerprint density at radius 2 is 0.951 bits per heavy atom. The molecule has 0 saturated carbocycles. The van der Waals surface area contributed by atoms with Crippen molar-refractivity contribution in [1.82, 2.24) is 0 Å². The van der Waals surface area contributed by atoms with Gasteiger partial charge in [0, 0.05) is 53.7 Å². The molecule has 10 aromatic rings. The zero-order chi connectivity index (χ0) is 40.5. The minimum Gasteiger partial charge on any atom is -0.457 e. The van der Waals surface area contributed by atoms with Gasteiger partial charge in [0.2, 0.25) is 0 Å². The van der Waals surface area contributed by atoms with Crippen LogP contribution in [0, 0.1) is 0 Å². The molecule has 9 aromatic carbocycles. The molecule has 61 heavy (non-hydrogen) atoms. The van der Waals surface area contributed by atoms with E-state index in [0.717, 1.165) is 28.6 Å². The van der Waals surface area contributed by atoms with Gasteiger partial charge >= 0.3 is 0 Å². The van der Waals surface area contributed by atoms with Gasteiger partial charge in [-0.1, -0.05) is 153 Å². The van der Waals surface area contributed by atoms with Gasteiger partial charge in [-0.15, -0.1) is 11.3 Å². The predicted molar refractivity (Wildman–Crippen MR) is 254 cm³/mol. The average Bonchev–Trinajstić information content (AvgIpc) is 3.89. The second kappa shape index (κ2) is 12.7. The maximum Gasteiger partial charge on any atom is 0.132 e. The molecule has 3 heteroatoms. The van der Waals surface area contributed by atoms with E-state index < -0.39 is 5.41 Å². The third-order valence-electron chi connectivity index (χ3n) is 13.7. The zero-order valence-corrected chi connectivity index (χ0v) is 34.6. The summed E-state index contributed by atoms with van der Waals surface area (Å²) >= 11 is 1.89. The first-order valence-corrected chi connectivity index (χ1v) is 22.0. The molecular formula is C58H39NOS. The van der Waals surface area contributed by atoms with Crippen LogP contribution < -0.4 is 9.64 Å². The Hall–Kier alpha value is -7.20. The van der Waals surface area contributed by atoms with Crippen molar-refractivity contribution in [2.24, 2.45) is 0 Å². The fourth-order valence-corrected chi connectivity index (χ4v) is 12.1. The Morgan fingerprint density at radius 3 is 1.70 bits per heavy atom. The number of ether oxygens (including phenoxy) is 1. The number of anilines is 3. The molecule has 0 saturated heterocycles. The number of fused-ring (bicyclic) bond motifs is 15. The molecule has 0 fully saturated rings. The number of para-hydroxylation sites is 3. The summed E-state index contributed by atoms with van der Waals surface area (Å²) in [7, 11) is 0. The van der Waals surface area contributed by atoms with E-state index in [1.165, 1.54) is 86.9 Å². The summed E-state index contributed by atoms with van der Waals surface area (Å²) in [5.74, 6) is 1.83. The van der Waals surface area contributed by atoms with Gasteiger partial charge in [-0.25, -0.2) is 0 Å². The van der Waals surface area contributed by atoms with Crippen molar-refractivity contribution in [3.63, 3.8) is 0 Å². The topological polar surface area (TPSA) is 12.5 Å². The van der Waals surface area contributed by atoms with E-state index in [1.54, 1.807) is 0 Å². The van der Waals surface area contributed by atoms with E-state index in [-0.39, 0.29) is 5.41 Å². The molecule has 2 aliphatic carbocycles. The molecule has 13 rings (SSSR count). The van der Waals surface area contributed by atoms with Gasteiger partial charge in [0.15, 0.2) is 0 Å². The van der Waals surface area contributed by atoms with Crippen LogP contribution in [-0.4, -0.2) is 0 Å². The van der Waals surface area contributed by atoms with E-state index >= 15 is 0 Å². The SMILES string of the molecule is CC1(C)c2ccccc2-c2ccc(N(c3ccc4sc5cc6c(cc5c4c3)-c3ccccc3C63c4ccccc4Oc4ccccc43)c3ccccc3-c3ccccc3)cc21. The normalized spacial score (nSPS) is 14.5. The van der Waals surface area contributed by atoms with Gasteiger partial charge in [0.25, 0.3) is 0 Å². The van der Waals surface area contributed by atoms with Crippen LogP contribution in [0.2, 0.25) is 0 Å².